The van der Waals surface area contributed by atoms with Crippen molar-refractivity contribution < 1.29 is 8.42 Å². The molecule has 0 saturated heterocycles. The largest absolute Gasteiger partial charge is 0.327 e. The molecule has 18 heavy (non-hydrogen) atoms. The van der Waals surface area contributed by atoms with Crippen LogP contribution in [0.4, 0.5) is 0 Å². The van der Waals surface area contributed by atoms with Gasteiger partial charge < -0.3 is 5.73 Å². The van der Waals surface area contributed by atoms with Crippen LogP contribution in [-0.4, -0.2) is 21.0 Å². The van der Waals surface area contributed by atoms with Crippen LogP contribution < -0.4 is 10.5 Å². The second-order valence-corrected chi connectivity index (χ2v) is 6.10. The Hall–Kier alpha value is -0.910. The number of nitrogens with one attached hydrogen (secondary N) is 1. The minimum Gasteiger partial charge on any atom is -0.327 e. The van der Waals surface area contributed by atoms with E-state index in [2.05, 4.69) is 11.6 Å². The molecule has 5 heteroatoms. The molecule has 0 aliphatic heterocycles. The van der Waals surface area contributed by atoms with Crippen LogP contribution in [0.25, 0.3) is 0 Å². The Kier molecular flexibility index (Phi) is 5.78. The molecule has 1 atom stereocenters. The normalized spacial score (nSPS) is 13.5. The highest BCUT2D eigenvalue weighted by atomic mass is 32.2. The van der Waals surface area contributed by atoms with Crippen LogP contribution in [0.3, 0.4) is 0 Å². The molecule has 4 nitrogen and oxygen atoms in total. The predicted octanol–water partition coefficient (Wildman–Crippen LogP) is 1.65. The summed E-state index contributed by atoms with van der Waals surface area (Å²) in [5, 5.41) is 0. The summed E-state index contributed by atoms with van der Waals surface area (Å²) in [5.74, 6) is 0. The average Bonchev–Trinajstić information content (AvgIpc) is 2.29. The summed E-state index contributed by atoms with van der Waals surface area (Å²) in [5.41, 5.74) is 6.78. The molecular weight excluding hydrogens is 248 g/mol. The highest BCUT2D eigenvalue weighted by Gasteiger charge is 2.17. The first kappa shape index (κ1) is 15.1. The monoisotopic (exact) mass is 270 g/mol. The highest BCUT2D eigenvalue weighted by Crippen LogP contribution is 2.17. The third-order valence-corrected chi connectivity index (χ3v) is 4.38. The van der Waals surface area contributed by atoms with Gasteiger partial charge in [-0.25, -0.2) is 13.1 Å². The van der Waals surface area contributed by atoms with E-state index in [0.717, 1.165) is 18.4 Å². The predicted molar refractivity (Wildman–Crippen MR) is 73.9 cm³/mol. The molecule has 1 unspecified atom stereocenters. The molecule has 3 N–H and O–H groups in total. The number of rotatable bonds is 7. The molecule has 0 bridgehead atoms. The summed E-state index contributed by atoms with van der Waals surface area (Å²) >= 11 is 0. The van der Waals surface area contributed by atoms with Crippen molar-refractivity contribution in [2.24, 2.45) is 5.73 Å². The summed E-state index contributed by atoms with van der Waals surface area (Å²) in [7, 11) is -3.41. The maximum absolute atomic E-state index is 12.0. The minimum absolute atomic E-state index is 0.00739. The molecule has 102 valence electrons. The molecule has 1 aromatic carbocycles. The zero-order chi connectivity index (χ0) is 13.6. The van der Waals surface area contributed by atoms with Crippen molar-refractivity contribution in [3.05, 3.63) is 29.8 Å². The quantitative estimate of drug-likeness (QED) is 0.791. The van der Waals surface area contributed by atoms with Gasteiger partial charge in [-0.15, -0.1) is 0 Å². The van der Waals surface area contributed by atoms with Crippen molar-refractivity contribution in [2.45, 2.75) is 44.0 Å². The van der Waals surface area contributed by atoms with E-state index in [4.69, 9.17) is 5.73 Å². The summed E-state index contributed by atoms with van der Waals surface area (Å²) in [6, 6.07) is 7.05. The van der Waals surface area contributed by atoms with Crippen LogP contribution in [0.2, 0.25) is 0 Å². The average molecular weight is 270 g/mol. The SMILES string of the molecule is CCCC(N)Cc1ccccc1S(=O)(=O)NCC. The van der Waals surface area contributed by atoms with Gasteiger partial charge in [0, 0.05) is 12.6 Å². The molecule has 1 rings (SSSR count). The second-order valence-electron chi connectivity index (χ2n) is 4.36. The van der Waals surface area contributed by atoms with Gasteiger partial charge in [0.1, 0.15) is 0 Å². The lowest BCUT2D eigenvalue weighted by atomic mass is 10.0. The number of hydrogen-bond acceptors (Lipinski definition) is 3. The molecule has 0 heterocycles. The lowest BCUT2D eigenvalue weighted by Crippen LogP contribution is -2.27. The van der Waals surface area contributed by atoms with Gasteiger partial charge in [0.05, 0.1) is 4.90 Å². The van der Waals surface area contributed by atoms with Gasteiger partial charge in [0.2, 0.25) is 10.0 Å². The molecule has 0 aromatic heterocycles. The van der Waals surface area contributed by atoms with Crippen molar-refractivity contribution in [3.63, 3.8) is 0 Å². The maximum atomic E-state index is 12.0. The molecule has 0 spiro atoms. The van der Waals surface area contributed by atoms with Gasteiger partial charge in [0.25, 0.3) is 0 Å². The Balaban J connectivity index is 3.00. The van der Waals surface area contributed by atoms with Crippen LogP contribution in [0.1, 0.15) is 32.3 Å². The number of benzene rings is 1. The van der Waals surface area contributed by atoms with Crippen molar-refractivity contribution in [1.82, 2.24) is 4.72 Å². The highest BCUT2D eigenvalue weighted by molar-refractivity contribution is 7.89. The number of nitrogens with two attached hydrogens (primary N) is 1. The van der Waals surface area contributed by atoms with Gasteiger partial charge >= 0.3 is 0 Å². The van der Waals surface area contributed by atoms with Crippen molar-refractivity contribution in [2.75, 3.05) is 6.54 Å². The fourth-order valence-corrected chi connectivity index (χ4v) is 3.25. The molecule has 0 amide bonds. The Bertz CT molecular complexity index is 472. The first-order valence-corrected chi connectivity index (χ1v) is 7.82. The number of sulfonamides is 1. The molecular formula is C13H22N2O2S. The number of hydrogen-bond donors (Lipinski definition) is 2. The fraction of sp³-hybridized carbons (Fsp3) is 0.538. The summed E-state index contributed by atoms with van der Waals surface area (Å²) in [6.07, 6.45) is 2.49. The zero-order valence-electron chi connectivity index (χ0n) is 11.0. The Morgan fingerprint density at radius 2 is 1.94 bits per heavy atom. The molecule has 1 aromatic rings. The Morgan fingerprint density at radius 1 is 1.28 bits per heavy atom. The van der Waals surface area contributed by atoms with Crippen LogP contribution in [-0.2, 0) is 16.4 Å². The first-order chi connectivity index (χ1) is 8.51. The summed E-state index contributed by atoms with van der Waals surface area (Å²) in [4.78, 5) is 0.346. The van der Waals surface area contributed by atoms with Crippen LogP contribution in [0.5, 0.6) is 0 Å². The topological polar surface area (TPSA) is 72.2 Å². The van der Waals surface area contributed by atoms with Gasteiger partial charge in [-0.2, -0.15) is 0 Å². The van der Waals surface area contributed by atoms with Crippen molar-refractivity contribution in [1.29, 1.82) is 0 Å². The van der Waals surface area contributed by atoms with Crippen LogP contribution >= 0.6 is 0 Å². The van der Waals surface area contributed by atoms with E-state index < -0.39 is 10.0 Å². The fourth-order valence-electron chi connectivity index (χ4n) is 1.96. The van der Waals surface area contributed by atoms with Crippen molar-refractivity contribution in [3.8, 4) is 0 Å². The van der Waals surface area contributed by atoms with Crippen LogP contribution in [0, 0.1) is 0 Å². The van der Waals surface area contributed by atoms with E-state index >= 15 is 0 Å². The maximum Gasteiger partial charge on any atom is 0.240 e. The summed E-state index contributed by atoms with van der Waals surface area (Å²) in [6.45, 7) is 4.22. The van der Waals surface area contributed by atoms with Crippen LogP contribution in [0.15, 0.2) is 29.2 Å². The smallest absolute Gasteiger partial charge is 0.240 e. The van der Waals surface area contributed by atoms with E-state index in [1.807, 2.05) is 12.1 Å². The van der Waals surface area contributed by atoms with E-state index in [1.165, 1.54) is 0 Å². The van der Waals surface area contributed by atoms with Gasteiger partial charge in [-0.1, -0.05) is 38.5 Å². The lowest BCUT2D eigenvalue weighted by Gasteiger charge is -2.14. The third kappa shape index (κ3) is 4.08. The zero-order valence-corrected chi connectivity index (χ0v) is 11.8. The standard InChI is InChI=1S/C13H22N2O2S/c1-3-7-12(14)10-11-8-5-6-9-13(11)18(16,17)15-4-2/h5-6,8-9,12,15H,3-4,7,10,14H2,1-2H3. The van der Waals surface area contributed by atoms with E-state index in [0.29, 0.717) is 17.9 Å². The van der Waals surface area contributed by atoms with E-state index in [-0.39, 0.29) is 6.04 Å². The van der Waals surface area contributed by atoms with Gasteiger partial charge in [-0.05, 0) is 24.5 Å². The molecule has 0 radical (unpaired) electrons. The van der Waals surface area contributed by atoms with E-state index in [9.17, 15) is 8.42 Å². The second kappa shape index (κ2) is 6.87. The minimum atomic E-state index is -3.41. The molecule has 0 saturated carbocycles. The van der Waals surface area contributed by atoms with Gasteiger partial charge in [0.15, 0.2) is 0 Å². The van der Waals surface area contributed by atoms with Crippen molar-refractivity contribution >= 4 is 10.0 Å². The molecule has 0 fully saturated rings. The summed E-state index contributed by atoms with van der Waals surface area (Å²) < 4.78 is 26.6. The van der Waals surface area contributed by atoms with Gasteiger partial charge in [-0.3, -0.25) is 0 Å². The third-order valence-electron chi connectivity index (χ3n) is 2.74. The van der Waals surface area contributed by atoms with E-state index in [1.54, 1.807) is 19.1 Å². The Labute approximate surface area is 110 Å². The molecule has 0 aliphatic rings. The lowest BCUT2D eigenvalue weighted by molar-refractivity contribution is 0.575. The first-order valence-electron chi connectivity index (χ1n) is 6.34. The molecule has 0 aliphatic carbocycles. The Morgan fingerprint density at radius 3 is 2.56 bits per heavy atom.